The normalized spacial score (nSPS) is 13.9. The molecule has 0 N–H and O–H groups in total. The molecular weight excluding hydrogens is 452 g/mol. The van der Waals surface area contributed by atoms with E-state index in [-0.39, 0.29) is 5.78 Å². The first-order valence-corrected chi connectivity index (χ1v) is 13.1. The average molecular weight is 485 g/mol. The molecule has 4 nitrogen and oxygen atoms in total. The van der Waals surface area contributed by atoms with E-state index in [0.29, 0.717) is 6.61 Å². The van der Waals surface area contributed by atoms with Gasteiger partial charge in [-0.25, -0.2) is 0 Å². The van der Waals surface area contributed by atoms with Crippen molar-refractivity contribution in [3.05, 3.63) is 94.5 Å². The number of aryl methyl sites for hydroxylation is 1. The lowest BCUT2D eigenvalue weighted by Gasteiger charge is -2.17. The van der Waals surface area contributed by atoms with Gasteiger partial charge in [0.25, 0.3) is 0 Å². The van der Waals surface area contributed by atoms with Gasteiger partial charge in [-0.3, -0.25) is 9.69 Å². The minimum Gasteiger partial charge on any atom is -0.489 e. The third kappa shape index (κ3) is 5.12. The summed E-state index contributed by atoms with van der Waals surface area (Å²) < 4.78 is 7.10. The summed E-state index contributed by atoms with van der Waals surface area (Å²) in [7, 11) is 4.00. The molecule has 35 heavy (non-hydrogen) atoms. The maximum atomic E-state index is 13.8. The van der Waals surface area contributed by atoms with Crippen LogP contribution < -0.4 is 9.64 Å². The Hall–Kier alpha value is -3.15. The molecule has 0 atom stereocenters. The summed E-state index contributed by atoms with van der Waals surface area (Å²) in [4.78, 5) is 18.3. The highest BCUT2D eigenvalue weighted by atomic mass is 32.1. The van der Waals surface area contributed by atoms with E-state index < -0.39 is 0 Å². The number of likely N-dealkylation sites (tertiary alicyclic amines) is 1. The molecular formula is C30H32N2O2S. The van der Waals surface area contributed by atoms with Crippen molar-refractivity contribution in [3.63, 3.8) is 0 Å². The molecule has 0 amide bonds. The molecule has 0 saturated carbocycles. The average Bonchev–Trinajstić information content (AvgIpc) is 3.52. The van der Waals surface area contributed by atoms with Gasteiger partial charge in [0, 0.05) is 36.3 Å². The van der Waals surface area contributed by atoms with Crippen molar-refractivity contribution < 1.29 is 9.53 Å². The highest BCUT2D eigenvalue weighted by molar-refractivity contribution is 7.23. The van der Waals surface area contributed by atoms with Crippen LogP contribution in [0.2, 0.25) is 0 Å². The number of carbonyl (C=O) groups excluding carboxylic acids is 1. The van der Waals surface area contributed by atoms with E-state index in [1.807, 2.05) is 55.4 Å². The second-order valence-corrected chi connectivity index (χ2v) is 10.6. The van der Waals surface area contributed by atoms with Gasteiger partial charge in [-0.1, -0.05) is 42.5 Å². The zero-order chi connectivity index (χ0) is 24.4. The molecule has 1 aliphatic rings. The molecule has 0 unspecified atom stereocenters. The first kappa shape index (κ1) is 23.6. The molecule has 0 aliphatic carbocycles. The number of rotatable bonds is 8. The van der Waals surface area contributed by atoms with Crippen molar-refractivity contribution in [3.8, 4) is 5.75 Å². The fourth-order valence-corrected chi connectivity index (χ4v) is 5.92. The van der Waals surface area contributed by atoms with Gasteiger partial charge in [0.05, 0.1) is 5.56 Å². The second-order valence-electron chi connectivity index (χ2n) is 9.56. The Balaban J connectivity index is 1.42. The van der Waals surface area contributed by atoms with E-state index in [2.05, 4.69) is 42.2 Å². The van der Waals surface area contributed by atoms with Gasteiger partial charge in [0.15, 0.2) is 5.78 Å². The number of ketones is 1. The Kier molecular flexibility index (Phi) is 6.89. The second kappa shape index (κ2) is 10.2. The molecule has 0 radical (unpaired) electrons. The number of benzene rings is 3. The maximum absolute atomic E-state index is 13.8. The first-order chi connectivity index (χ1) is 17.0. The topological polar surface area (TPSA) is 32.8 Å². The van der Waals surface area contributed by atoms with E-state index in [1.165, 1.54) is 37.1 Å². The van der Waals surface area contributed by atoms with Crippen LogP contribution in [0.5, 0.6) is 5.75 Å². The predicted molar refractivity (Wildman–Crippen MR) is 146 cm³/mol. The highest BCUT2D eigenvalue weighted by Crippen LogP contribution is 2.40. The number of thiophene rings is 1. The lowest BCUT2D eigenvalue weighted by molar-refractivity contribution is 0.104. The van der Waals surface area contributed by atoms with Crippen LogP contribution in [0.15, 0.2) is 66.7 Å². The Morgan fingerprint density at radius 3 is 2.49 bits per heavy atom. The lowest BCUT2D eigenvalue weighted by atomic mass is 9.97. The van der Waals surface area contributed by atoms with Crippen molar-refractivity contribution in [1.82, 2.24) is 4.90 Å². The van der Waals surface area contributed by atoms with Gasteiger partial charge in [0.2, 0.25) is 0 Å². The van der Waals surface area contributed by atoms with Gasteiger partial charge in [-0.2, -0.15) is 0 Å². The number of anilines is 1. The highest BCUT2D eigenvalue weighted by Gasteiger charge is 2.23. The van der Waals surface area contributed by atoms with Gasteiger partial charge in [0.1, 0.15) is 17.4 Å². The van der Waals surface area contributed by atoms with Crippen molar-refractivity contribution in [1.29, 1.82) is 0 Å². The number of carbonyl (C=O) groups is 1. The fraction of sp³-hybridized carbons (Fsp3) is 0.300. The fourth-order valence-electron chi connectivity index (χ4n) is 4.77. The third-order valence-electron chi connectivity index (χ3n) is 6.72. The Morgan fingerprint density at radius 1 is 1.00 bits per heavy atom. The Bertz CT molecular complexity index is 1340. The molecule has 5 rings (SSSR count). The summed E-state index contributed by atoms with van der Waals surface area (Å²) in [5.41, 5.74) is 5.15. The zero-order valence-corrected chi connectivity index (χ0v) is 21.5. The van der Waals surface area contributed by atoms with Crippen LogP contribution in [0, 0.1) is 6.92 Å². The molecule has 2 heterocycles. The molecule has 1 aliphatic heterocycles. The molecule has 180 valence electrons. The van der Waals surface area contributed by atoms with Gasteiger partial charge in [-0.15, -0.1) is 11.3 Å². The minimum atomic E-state index is 0.0775. The SMILES string of the molecule is Cc1cc(C(=O)c2c(N(C)C)sc3cc(OCc4ccccc4)ccc23)ccc1CN1CCCC1. The molecule has 1 saturated heterocycles. The first-order valence-electron chi connectivity index (χ1n) is 12.3. The Morgan fingerprint density at radius 2 is 1.77 bits per heavy atom. The van der Waals surface area contributed by atoms with Crippen molar-refractivity contribution >= 4 is 32.2 Å². The number of hydrogen-bond donors (Lipinski definition) is 0. The van der Waals surface area contributed by atoms with E-state index in [0.717, 1.165) is 44.1 Å². The van der Waals surface area contributed by atoms with Crippen molar-refractivity contribution in [2.24, 2.45) is 0 Å². The van der Waals surface area contributed by atoms with Crippen LogP contribution in [0.4, 0.5) is 5.00 Å². The van der Waals surface area contributed by atoms with E-state index >= 15 is 0 Å². The molecule has 1 aromatic heterocycles. The molecule has 4 aromatic rings. The predicted octanol–water partition coefficient (Wildman–Crippen LogP) is 6.68. The molecule has 5 heteroatoms. The van der Waals surface area contributed by atoms with E-state index in [4.69, 9.17) is 4.74 Å². The van der Waals surface area contributed by atoms with Crippen LogP contribution >= 0.6 is 11.3 Å². The summed E-state index contributed by atoms with van der Waals surface area (Å²) in [6, 6.07) is 22.4. The van der Waals surface area contributed by atoms with Gasteiger partial charge in [-0.05, 0) is 73.8 Å². The molecule has 0 bridgehead atoms. The van der Waals surface area contributed by atoms with Gasteiger partial charge >= 0.3 is 0 Å². The Labute approximate surface area is 211 Å². The summed E-state index contributed by atoms with van der Waals surface area (Å²) in [5, 5.41) is 1.96. The lowest BCUT2D eigenvalue weighted by Crippen LogP contribution is -2.19. The van der Waals surface area contributed by atoms with Gasteiger partial charge < -0.3 is 9.64 Å². The molecule has 1 fully saturated rings. The third-order valence-corrected chi connectivity index (χ3v) is 8.04. The number of fused-ring (bicyclic) bond motifs is 1. The smallest absolute Gasteiger partial charge is 0.196 e. The van der Waals surface area contributed by atoms with Crippen molar-refractivity contribution in [2.75, 3.05) is 32.1 Å². The molecule has 0 spiro atoms. The van der Waals surface area contributed by atoms with E-state index in [9.17, 15) is 4.79 Å². The monoisotopic (exact) mass is 484 g/mol. The number of hydrogen-bond acceptors (Lipinski definition) is 5. The number of ether oxygens (including phenoxy) is 1. The molecule has 3 aromatic carbocycles. The summed E-state index contributed by atoms with van der Waals surface area (Å²) in [5.74, 6) is 0.891. The van der Waals surface area contributed by atoms with Crippen LogP contribution in [0.3, 0.4) is 0 Å². The summed E-state index contributed by atoms with van der Waals surface area (Å²) >= 11 is 1.64. The summed E-state index contributed by atoms with van der Waals surface area (Å²) in [6.07, 6.45) is 2.57. The maximum Gasteiger partial charge on any atom is 0.196 e. The largest absolute Gasteiger partial charge is 0.489 e. The van der Waals surface area contributed by atoms with Crippen LogP contribution in [0.1, 0.15) is 45.5 Å². The zero-order valence-electron chi connectivity index (χ0n) is 20.7. The van der Waals surface area contributed by atoms with Crippen LogP contribution in [0.25, 0.3) is 10.1 Å². The van der Waals surface area contributed by atoms with E-state index in [1.54, 1.807) is 11.3 Å². The standard InChI is InChI=1S/C30H32N2O2S/c1-21-17-23(11-12-24(21)19-32-15-7-8-16-32)29(33)28-26-14-13-25(18-27(26)35-30(28)31(2)3)34-20-22-9-5-4-6-10-22/h4-6,9-14,17-18H,7-8,15-16,19-20H2,1-3H3. The van der Waals surface area contributed by atoms with Crippen molar-refractivity contribution in [2.45, 2.75) is 32.9 Å². The number of nitrogens with zero attached hydrogens (tertiary/aromatic N) is 2. The van der Waals surface area contributed by atoms with Crippen LogP contribution in [-0.4, -0.2) is 37.9 Å². The quantitative estimate of drug-likeness (QED) is 0.261. The summed E-state index contributed by atoms with van der Waals surface area (Å²) in [6.45, 7) is 5.95. The van der Waals surface area contributed by atoms with Crippen LogP contribution in [-0.2, 0) is 13.2 Å². The minimum absolute atomic E-state index is 0.0775.